The van der Waals surface area contributed by atoms with Gasteiger partial charge in [-0.05, 0) is 43.7 Å². The number of nitrogens with zero attached hydrogens (tertiary/aromatic N) is 1. The van der Waals surface area contributed by atoms with Crippen LogP contribution in [0.25, 0.3) is 0 Å². The molecule has 0 bridgehead atoms. The van der Waals surface area contributed by atoms with Gasteiger partial charge in [0.05, 0.1) is 19.3 Å². The summed E-state index contributed by atoms with van der Waals surface area (Å²) in [6, 6.07) is 8.23. The van der Waals surface area contributed by atoms with Crippen LogP contribution in [0.3, 0.4) is 0 Å². The normalized spacial score (nSPS) is 24.7. The fraction of sp³-hybridized carbons (Fsp3) is 0.611. The third-order valence-electron chi connectivity index (χ3n) is 4.81. The van der Waals surface area contributed by atoms with E-state index < -0.39 is 0 Å². The summed E-state index contributed by atoms with van der Waals surface area (Å²) in [6.45, 7) is 1.74. The SMILES string of the molecule is COc1ccccc1CCC(=O)N1CCC[C@@H]1[C@H]1CCCO1. The average Bonchev–Trinajstić information content (AvgIpc) is 3.23. The number of hydrogen-bond donors (Lipinski definition) is 0. The van der Waals surface area contributed by atoms with Gasteiger partial charge in [-0.2, -0.15) is 0 Å². The third-order valence-corrected chi connectivity index (χ3v) is 4.81. The lowest BCUT2D eigenvalue weighted by atomic mass is 10.0. The number of likely N-dealkylation sites (tertiary alicyclic amines) is 1. The molecule has 120 valence electrons. The highest BCUT2D eigenvalue weighted by atomic mass is 16.5. The predicted molar refractivity (Wildman–Crippen MR) is 85.0 cm³/mol. The molecule has 1 amide bonds. The van der Waals surface area contributed by atoms with Crippen molar-refractivity contribution in [3.05, 3.63) is 29.8 Å². The topological polar surface area (TPSA) is 38.8 Å². The molecule has 1 aromatic carbocycles. The molecule has 0 unspecified atom stereocenters. The molecule has 3 rings (SSSR count). The lowest BCUT2D eigenvalue weighted by Gasteiger charge is -2.29. The molecule has 2 aliphatic rings. The van der Waals surface area contributed by atoms with Crippen molar-refractivity contribution in [2.24, 2.45) is 0 Å². The van der Waals surface area contributed by atoms with Gasteiger partial charge in [0.15, 0.2) is 0 Å². The van der Waals surface area contributed by atoms with E-state index in [0.717, 1.165) is 56.6 Å². The number of carbonyl (C=O) groups is 1. The van der Waals surface area contributed by atoms with E-state index in [1.165, 1.54) is 0 Å². The highest BCUT2D eigenvalue weighted by Crippen LogP contribution is 2.29. The molecule has 0 aliphatic carbocycles. The number of para-hydroxylation sites is 1. The van der Waals surface area contributed by atoms with Crippen LogP contribution < -0.4 is 4.74 Å². The molecule has 0 radical (unpaired) electrons. The smallest absolute Gasteiger partial charge is 0.223 e. The molecule has 2 heterocycles. The summed E-state index contributed by atoms with van der Waals surface area (Å²) in [4.78, 5) is 14.7. The van der Waals surface area contributed by atoms with Crippen molar-refractivity contribution in [3.63, 3.8) is 0 Å². The highest BCUT2D eigenvalue weighted by molar-refractivity contribution is 5.77. The molecular formula is C18H25NO3. The van der Waals surface area contributed by atoms with Gasteiger partial charge >= 0.3 is 0 Å². The van der Waals surface area contributed by atoms with Crippen LogP contribution in [0, 0.1) is 0 Å². The maximum atomic E-state index is 12.6. The average molecular weight is 303 g/mol. The molecule has 2 fully saturated rings. The standard InChI is InChI=1S/C18H25NO3/c1-21-16-8-3-2-6-14(16)10-11-18(20)19-12-4-7-15(19)17-9-5-13-22-17/h2-3,6,8,15,17H,4-5,7,9-13H2,1H3/t15-,17-/m1/s1. The molecular weight excluding hydrogens is 278 g/mol. The van der Waals surface area contributed by atoms with Crippen molar-refractivity contribution >= 4 is 5.91 Å². The molecule has 0 aromatic heterocycles. The first-order valence-corrected chi connectivity index (χ1v) is 8.32. The van der Waals surface area contributed by atoms with Gasteiger partial charge < -0.3 is 14.4 Å². The van der Waals surface area contributed by atoms with E-state index in [0.29, 0.717) is 12.5 Å². The molecule has 22 heavy (non-hydrogen) atoms. The van der Waals surface area contributed by atoms with Crippen molar-refractivity contribution in [2.75, 3.05) is 20.3 Å². The second kappa shape index (κ2) is 7.14. The monoisotopic (exact) mass is 303 g/mol. The fourth-order valence-corrected chi connectivity index (χ4v) is 3.69. The molecule has 4 heteroatoms. The molecule has 0 spiro atoms. The van der Waals surface area contributed by atoms with Crippen molar-refractivity contribution in [2.45, 2.75) is 50.7 Å². The zero-order valence-corrected chi connectivity index (χ0v) is 13.3. The Labute approximate surface area is 132 Å². The van der Waals surface area contributed by atoms with Gasteiger partial charge in [-0.3, -0.25) is 4.79 Å². The predicted octanol–water partition coefficient (Wildman–Crippen LogP) is 2.80. The van der Waals surface area contributed by atoms with E-state index in [1.54, 1.807) is 7.11 Å². The number of benzene rings is 1. The Bertz CT molecular complexity index is 511. The minimum atomic E-state index is 0.254. The zero-order chi connectivity index (χ0) is 15.4. The van der Waals surface area contributed by atoms with E-state index in [9.17, 15) is 4.79 Å². The third kappa shape index (κ3) is 3.27. The molecule has 2 aliphatic heterocycles. The van der Waals surface area contributed by atoms with Gasteiger partial charge in [-0.1, -0.05) is 18.2 Å². The van der Waals surface area contributed by atoms with E-state index in [2.05, 4.69) is 4.90 Å². The molecule has 0 N–H and O–H groups in total. The van der Waals surface area contributed by atoms with Crippen molar-refractivity contribution in [1.82, 2.24) is 4.90 Å². The van der Waals surface area contributed by atoms with Crippen LogP contribution >= 0.6 is 0 Å². The maximum Gasteiger partial charge on any atom is 0.223 e. The number of carbonyl (C=O) groups excluding carboxylic acids is 1. The molecule has 2 saturated heterocycles. The summed E-state index contributed by atoms with van der Waals surface area (Å²) in [7, 11) is 1.68. The zero-order valence-electron chi connectivity index (χ0n) is 13.3. The summed E-state index contributed by atoms with van der Waals surface area (Å²) < 4.78 is 11.2. The Hall–Kier alpha value is -1.55. The highest BCUT2D eigenvalue weighted by Gasteiger charge is 2.36. The Morgan fingerprint density at radius 1 is 1.32 bits per heavy atom. The largest absolute Gasteiger partial charge is 0.496 e. The van der Waals surface area contributed by atoms with Crippen LogP contribution in [0.5, 0.6) is 5.75 Å². The summed E-state index contributed by atoms with van der Waals surface area (Å²) in [5.41, 5.74) is 1.10. The second-order valence-corrected chi connectivity index (χ2v) is 6.16. The first-order valence-electron chi connectivity index (χ1n) is 8.32. The van der Waals surface area contributed by atoms with Crippen molar-refractivity contribution in [1.29, 1.82) is 0 Å². The minimum Gasteiger partial charge on any atom is -0.496 e. The van der Waals surface area contributed by atoms with Gasteiger partial charge in [-0.25, -0.2) is 0 Å². The second-order valence-electron chi connectivity index (χ2n) is 6.16. The summed E-state index contributed by atoms with van der Waals surface area (Å²) in [5.74, 6) is 1.12. The molecule has 0 saturated carbocycles. The lowest BCUT2D eigenvalue weighted by Crippen LogP contribution is -2.42. The van der Waals surface area contributed by atoms with E-state index in [1.807, 2.05) is 24.3 Å². The first kappa shape index (κ1) is 15.3. The summed E-state index contributed by atoms with van der Waals surface area (Å²) in [5, 5.41) is 0. The number of amides is 1. The van der Waals surface area contributed by atoms with Crippen LogP contribution in [0.2, 0.25) is 0 Å². The van der Waals surface area contributed by atoms with Crippen LogP contribution in [-0.2, 0) is 16.0 Å². The minimum absolute atomic E-state index is 0.254. The number of methoxy groups -OCH3 is 1. The van der Waals surface area contributed by atoms with E-state index in [4.69, 9.17) is 9.47 Å². The summed E-state index contributed by atoms with van der Waals surface area (Å²) in [6.07, 6.45) is 5.96. The Morgan fingerprint density at radius 2 is 2.18 bits per heavy atom. The quantitative estimate of drug-likeness (QED) is 0.839. The molecule has 4 nitrogen and oxygen atoms in total. The number of ether oxygens (including phenoxy) is 2. The number of aryl methyl sites for hydroxylation is 1. The first-order chi connectivity index (χ1) is 10.8. The maximum absolute atomic E-state index is 12.6. The van der Waals surface area contributed by atoms with Crippen LogP contribution in [0.15, 0.2) is 24.3 Å². The van der Waals surface area contributed by atoms with Crippen LogP contribution in [0.1, 0.15) is 37.7 Å². The van der Waals surface area contributed by atoms with Gasteiger partial charge in [-0.15, -0.1) is 0 Å². The van der Waals surface area contributed by atoms with Crippen molar-refractivity contribution in [3.8, 4) is 5.75 Å². The Morgan fingerprint density at radius 3 is 2.95 bits per heavy atom. The van der Waals surface area contributed by atoms with Gasteiger partial charge in [0.25, 0.3) is 0 Å². The number of rotatable bonds is 5. The fourth-order valence-electron chi connectivity index (χ4n) is 3.69. The lowest BCUT2D eigenvalue weighted by molar-refractivity contribution is -0.134. The van der Waals surface area contributed by atoms with Gasteiger partial charge in [0, 0.05) is 19.6 Å². The van der Waals surface area contributed by atoms with Crippen LogP contribution in [-0.4, -0.2) is 43.2 Å². The van der Waals surface area contributed by atoms with Gasteiger partial charge in [0.1, 0.15) is 5.75 Å². The van der Waals surface area contributed by atoms with E-state index >= 15 is 0 Å². The summed E-state index contributed by atoms with van der Waals surface area (Å²) >= 11 is 0. The van der Waals surface area contributed by atoms with Crippen molar-refractivity contribution < 1.29 is 14.3 Å². The van der Waals surface area contributed by atoms with E-state index in [-0.39, 0.29) is 12.0 Å². The van der Waals surface area contributed by atoms with Crippen LogP contribution in [0.4, 0.5) is 0 Å². The number of hydrogen-bond acceptors (Lipinski definition) is 3. The molecule has 2 atom stereocenters. The Balaban J connectivity index is 1.59. The van der Waals surface area contributed by atoms with Gasteiger partial charge in [0.2, 0.25) is 5.91 Å². The Kier molecular flexibility index (Phi) is 4.98. The molecule has 1 aromatic rings.